The molecule has 1 unspecified atom stereocenters. The Morgan fingerprint density at radius 1 is 1.15 bits per heavy atom. The monoisotopic (exact) mass is 486 g/mol. The number of alkyl halides is 4. The van der Waals surface area contributed by atoms with Gasteiger partial charge in [-0.15, -0.1) is 0 Å². The van der Waals surface area contributed by atoms with Crippen molar-refractivity contribution in [1.82, 2.24) is 15.3 Å². The molecule has 0 bridgehead atoms. The number of pyridine rings is 2. The fraction of sp³-hybridized carbons (Fsp3) is 0.522. The Morgan fingerprint density at radius 3 is 2.47 bits per heavy atom. The van der Waals surface area contributed by atoms with Crippen LogP contribution in [0.1, 0.15) is 54.1 Å². The van der Waals surface area contributed by atoms with Crippen molar-refractivity contribution in [3.05, 3.63) is 46.9 Å². The Hall–Kier alpha value is -2.95. The number of aryl methyl sites for hydroxylation is 2. The second kappa shape index (κ2) is 12.0. The van der Waals surface area contributed by atoms with Crippen molar-refractivity contribution in [3.8, 4) is 5.75 Å². The fourth-order valence-electron chi connectivity index (χ4n) is 2.87. The van der Waals surface area contributed by atoms with Crippen molar-refractivity contribution in [2.24, 2.45) is 5.92 Å². The fourth-order valence-corrected chi connectivity index (χ4v) is 2.87. The van der Waals surface area contributed by atoms with Crippen molar-refractivity contribution < 1.29 is 31.8 Å². The summed E-state index contributed by atoms with van der Waals surface area (Å²) in [4.78, 5) is 21.0. The summed E-state index contributed by atoms with van der Waals surface area (Å²) in [6, 6.07) is 4.59. The zero-order valence-electron chi connectivity index (χ0n) is 19.8. The molecular weight excluding hydrogens is 456 g/mol. The molecular formula is C23H30F4N4O3. The summed E-state index contributed by atoms with van der Waals surface area (Å²) >= 11 is 0. The standard InChI is InChI=1S/C23H30F4N4O3/c1-13(2)10-33-12-29-20-8-17(7-15(4)30-20)16(5)31-21(32)18-6-14(3)19(9-28-18)34-11-23(26,27)22(24)25/h6-9,13,16,22H,10-12H2,1-5H3,(H,29,30)(H,31,32). The molecule has 1 atom stereocenters. The van der Waals surface area contributed by atoms with Crippen LogP contribution in [0.4, 0.5) is 23.4 Å². The molecule has 11 heteroatoms. The number of nitrogens with zero attached hydrogens (tertiary/aromatic N) is 2. The van der Waals surface area contributed by atoms with Gasteiger partial charge in [-0.05, 0) is 56.0 Å². The van der Waals surface area contributed by atoms with Crippen LogP contribution in [0.25, 0.3) is 0 Å². The number of carbonyl (C=O) groups excluding carboxylic acids is 1. The lowest BCUT2D eigenvalue weighted by Crippen LogP contribution is -2.34. The van der Waals surface area contributed by atoms with Crippen molar-refractivity contribution in [3.63, 3.8) is 0 Å². The molecule has 1 amide bonds. The molecule has 2 aromatic heterocycles. The van der Waals surface area contributed by atoms with E-state index in [-0.39, 0.29) is 11.4 Å². The van der Waals surface area contributed by atoms with E-state index in [1.54, 1.807) is 13.0 Å². The van der Waals surface area contributed by atoms with Gasteiger partial charge in [-0.2, -0.15) is 8.78 Å². The predicted molar refractivity (Wildman–Crippen MR) is 120 cm³/mol. The first-order valence-electron chi connectivity index (χ1n) is 10.8. The van der Waals surface area contributed by atoms with E-state index in [2.05, 4.69) is 34.4 Å². The molecule has 0 radical (unpaired) electrons. The first-order chi connectivity index (χ1) is 15.9. The zero-order valence-corrected chi connectivity index (χ0v) is 19.8. The Bertz CT molecular complexity index is 973. The minimum absolute atomic E-state index is 0.0310. The molecule has 0 aliphatic heterocycles. The Balaban J connectivity index is 2.01. The van der Waals surface area contributed by atoms with Crippen LogP contribution in [-0.2, 0) is 4.74 Å². The number of anilines is 1. The Labute approximate surface area is 196 Å². The van der Waals surface area contributed by atoms with Gasteiger partial charge in [-0.1, -0.05) is 13.8 Å². The highest BCUT2D eigenvalue weighted by Gasteiger charge is 2.41. The minimum atomic E-state index is -4.28. The molecule has 34 heavy (non-hydrogen) atoms. The number of ether oxygens (including phenoxy) is 2. The van der Waals surface area contributed by atoms with Crippen LogP contribution in [0, 0.1) is 19.8 Å². The maximum atomic E-state index is 13.1. The van der Waals surface area contributed by atoms with Crippen LogP contribution in [-0.4, -0.2) is 48.2 Å². The largest absolute Gasteiger partial charge is 0.485 e. The van der Waals surface area contributed by atoms with Crippen molar-refractivity contribution in [2.75, 3.05) is 25.3 Å². The predicted octanol–water partition coefficient (Wildman–Crippen LogP) is 4.91. The highest BCUT2D eigenvalue weighted by atomic mass is 19.3. The minimum Gasteiger partial charge on any atom is -0.485 e. The van der Waals surface area contributed by atoms with Gasteiger partial charge in [-0.3, -0.25) is 4.79 Å². The molecule has 0 aliphatic carbocycles. The molecule has 0 aliphatic rings. The van der Waals surface area contributed by atoms with Gasteiger partial charge >= 0.3 is 12.3 Å². The normalized spacial score (nSPS) is 12.7. The second-order valence-electron chi connectivity index (χ2n) is 8.39. The highest BCUT2D eigenvalue weighted by molar-refractivity contribution is 5.92. The lowest BCUT2D eigenvalue weighted by molar-refractivity contribution is -0.148. The second-order valence-corrected chi connectivity index (χ2v) is 8.39. The van der Waals surface area contributed by atoms with Gasteiger partial charge in [0.15, 0.2) is 6.61 Å². The number of aromatic nitrogens is 2. The number of carbonyl (C=O) groups is 1. The smallest absolute Gasteiger partial charge is 0.340 e. The van der Waals surface area contributed by atoms with E-state index in [0.717, 1.165) is 17.5 Å². The molecule has 0 aromatic carbocycles. The summed E-state index contributed by atoms with van der Waals surface area (Å²) in [5.74, 6) is -3.87. The maximum absolute atomic E-state index is 13.1. The third kappa shape index (κ3) is 8.12. The molecule has 0 fully saturated rings. The average Bonchev–Trinajstić information content (AvgIpc) is 2.75. The molecule has 0 saturated heterocycles. The lowest BCUT2D eigenvalue weighted by Gasteiger charge is -2.18. The topological polar surface area (TPSA) is 85.4 Å². The number of halogens is 4. The van der Waals surface area contributed by atoms with Gasteiger partial charge in [-0.25, -0.2) is 18.7 Å². The van der Waals surface area contributed by atoms with Gasteiger partial charge < -0.3 is 20.1 Å². The molecule has 2 aromatic rings. The summed E-state index contributed by atoms with van der Waals surface area (Å²) in [6.45, 7) is 8.66. The van der Waals surface area contributed by atoms with Crippen LogP contribution in [0.15, 0.2) is 24.4 Å². The number of rotatable bonds is 12. The van der Waals surface area contributed by atoms with Crippen molar-refractivity contribution >= 4 is 11.7 Å². The summed E-state index contributed by atoms with van der Waals surface area (Å²) in [5.41, 5.74) is 1.90. The third-order valence-corrected chi connectivity index (χ3v) is 4.66. The zero-order chi connectivity index (χ0) is 25.5. The maximum Gasteiger partial charge on any atom is 0.340 e. The Morgan fingerprint density at radius 2 is 1.85 bits per heavy atom. The van der Waals surface area contributed by atoms with Gasteiger partial charge in [0.1, 0.15) is 24.0 Å². The van der Waals surface area contributed by atoms with E-state index in [0.29, 0.717) is 30.6 Å². The van der Waals surface area contributed by atoms with Crippen molar-refractivity contribution in [1.29, 1.82) is 0 Å². The van der Waals surface area contributed by atoms with Crippen LogP contribution >= 0.6 is 0 Å². The van der Waals surface area contributed by atoms with E-state index in [1.807, 2.05) is 13.0 Å². The van der Waals surface area contributed by atoms with E-state index in [1.165, 1.54) is 13.0 Å². The average molecular weight is 487 g/mol. The first kappa shape index (κ1) is 27.3. The third-order valence-electron chi connectivity index (χ3n) is 4.66. The lowest BCUT2D eigenvalue weighted by atomic mass is 10.1. The van der Waals surface area contributed by atoms with E-state index in [4.69, 9.17) is 9.47 Å². The van der Waals surface area contributed by atoms with Gasteiger partial charge in [0.25, 0.3) is 5.91 Å². The SMILES string of the molecule is Cc1cc(C(C)NC(=O)c2cc(C)c(OCC(F)(F)C(F)F)cn2)cc(NCOCC(C)C)n1. The van der Waals surface area contributed by atoms with E-state index >= 15 is 0 Å². The van der Waals surface area contributed by atoms with Crippen LogP contribution in [0.2, 0.25) is 0 Å². The molecule has 2 heterocycles. The summed E-state index contributed by atoms with van der Waals surface area (Å²) < 4.78 is 61.0. The van der Waals surface area contributed by atoms with Crippen molar-refractivity contribution in [2.45, 2.75) is 53.0 Å². The van der Waals surface area contributed by atoms with Crippen LogP contribution in [0.3, 0.4) is 0 Å². The number of hydrogen-bond donors (Lipinski definition) is 2. The molecule has 2 rings (SSSR count). The first-order valence-corrected chi connectivity index (χ1v) is 10.8. The number of amides is 1. The quantitative estimate of drug-likeness (QED) is 0.252. The molecule has 2 N–H and O–H groups in total. The summed E-state index contributed by atoms with van der Waals surface area (Å²) in [7, 11) is 0. The highest BCUT2D eigenvalue weighted by Crippen LogP contribution is 2.26. The molecule has 188 valence electrons. The van der Waals surface area contributed by atoms with Crippen LogP contribution in [0.5, 0.6) is 5.75 Å². The summed E-state index contributed by atoms with van der Waals surface area (Å²) in [5, 5.41) is 5.91. The molecule has 0 saturated carbocycles. The summed E-state index contributed by atoms with van der Waals surface area (Å²) in [6.07, 6.45) is -2.78. The van der Waals surface area contributed by atoms with Gasteiger partial charge in [0.05, 0.1) is 18.8 Å². The molecule has 0 spiro atoms. The van der Waals surface area contributed by atoms with E-state index < -0.39 is 30.9 Å². The van der Waals surface area contributed by atoms with Gasteiger partial charge in [0.2, 0.25) is 0 Å². The number of nitrogens with one attached hydrogen (secondary N) is 2. The van der Waals surface area contributed by atoms with Gasteiger partial charge in [0, 0.05) is 5.69 Å². The van der Waals surface area contributed by atoms with Crippen LogP contribution < -0.4 is 15.4 Å². The van der Waals surface area contributed by atoms with E-state index in [9.17, 15) is 22.4 Å². The number of hydrogen-bond acceptors (Lipinski definition) is 6. The molecule has 7 nitrogen and oxygen atoms in total. The Kier molecular flexibility index (Phi) is 9.60.